The number of carbonyl (C=O) groups is 3. The van der Waals surface area contributed by atoms with E-state index in [0.29, 0.717) is 31.1 Å². The predicted octanol–water partition coefficient (Wildman–Crippen LogP) is 5.28. The van der Waals surface area contributed by atoms with Crippen molar-refractivity contribution in [3.63, 3.8) is 0 Å². The number of aliphatic hydroxyl groups is 2. The summed E-state index contributed by atoms with van der Waals surface area (Å²) in [7, 11) is 0. The van der Waals surface area contributed by atoms with Crippen molar-refractivity contribution in [3.8, 4) is 6.07 Å². The SMILES string of the molecule is CCC(C)C(C=O)NC(=O)[C@@H]1CCC[C@H]1[C@@H]1C/C=C/C=C(/C#N)[C@H](O)[C@@H](C)C[C@H](C)C[C@H](C)C[C@H](C)[C@@H](O)CC(=O)O1. The second-order valence-corrected chi connectivity index (χ2v) is 13.3. The van der Waals surface area contributed by atoms with Gasteiger partial charge in [0.25, 0.3) is 0 Å². The summed E-state index contributed by atoms with van der Waals surface area (Å²) in [5.41, 5.74) is 0.286. The molecule has 2 unspecified atom stereocenters. The Labute approximate surface area is 253 Å². The molecule has 1 fully saturated rings. The number of hydrogen-bond acceptors (Lipinski definition) is 7. The van der Waals surface area contributed by atoms with Gasteiger partial charge in [-0.2, -0.15) is 5.26 Å². The van der Waals surface area contributed by atoms with Gasteiger partial charge in [0.2, 0.25) is 5.91 Å². The summed E-state index contributed by atoms with van der Waals surface area (Å²) in [5, 5.41) is 34.4. The lowest BCUT2D eigenvalue weighted by molar-refractivity contribution is -0.156. The number of rotatable bonds is 6. The molecule has 0 spiro atoms. The molecule has 2 rings (SSSR count). The number of aliphatic hydroxyl groups excluding tert-OH is 2. The molecule has 1 heterocycles. The summed E-state index contributed by atoms with van der Waals surface area (Å²) < 4.78 is 5.98. The lowest BCUT2D eigenvalue weighted by Gasteiger charge is -2.30. The van der Waals surface area contributed by atoms with Gasteiger partial charge in [-0.25, -0.2) is 0 Å². The van der Waals surface area contributed by atoms with Crippen LogP contribution in [-0.4, -0.2) is 52.7 Å². The third-order valence-corrected chi connectivity index (χ3v) is 9.53. The van der Waals surface area contributed by atoms with Crippen LogP contribution in [0, 0.1) is 52.8 Å². The van der Waals surface area contributed by atoms with E-state index >= 15 is 0 Å². The number of nitrogens with zero attached hydrogens (tertiary/aromatic N) is 1. The maximum atomic E-state index is 13.3. The van der Waals surface area contributed by atoms with E-state index in [9.17, 15) is 29.9 Å². The molecular weight excluding hydrogens is 532 g/mol. The van der Waals surface area contributed by atoms with Gasteiger partial charge in [0, 0.05) is 18.3 Å². The summed E-state index contributed by atoms with van der Waals surface area (Å²) in [6.45, 7) is 12.1. The van der Waals surface area contributed by atoms with E-state index in [4.69, 9.17) is 4.74 Å². The average Bonchev–Trinajstić information content (AvgIpc) is 3.43. The number of esters is 1. The molecule has 42 heavy (non-hydrogen) atoms. The number of amides is 1. The van der Waals surface area contributed by atoms with Crippen LogP contribution in [0.3, 0.4) is 0 Å². The fraction of sp³-hybridized carbons (Fsp3) is 0.765. The van der Waals surface area contributed by atoms with Crippen molar-refractivity contribution in [1.29, 1.82) is 5.26 Å². The molecule has 0 radical (unpaired) electrons. The first-order valence-electron chi connectivity index (χ1n) is 16.0. The topological polar surface area (TPSA) is 137 Å². The normalized spacial score (nSPS) is 37.5. The van der Waals surface area contributed by atoms with Crippen LogP contribution in [0.25, 0.3) is 0 Å². The Kier molecular flexibility index (Phi) is 14.9. The second kappa shape index (κ2) is 17.6. The van der Waals surface area contributed by atoms with E-state index in [1.165, 1.54) is 0 Å². The van der Waals surface area contributed by atoms with Crippen LogP contribution < -0.4 is 5.32 Å². The van der Waals surface area contributed by atoms with Crippen molar-refractivity contribution in [1.82, 2.24) is 5.32 Å². The molecule has 236 valence electrons. The zero-order valence-electron chi connectivity index (χ0n) is 26.5. The minimum Gasteiger partial charge on any atom is -0.462 e. The maximum absolute atomic E-state index is 13.3. The third-order valence-electron chi connectivity index (χ3n) is 9.53. The van der Waals surface area contributed by atoms with Gasteiger partial charge in [-0.3, -0.25) is 9.59 Å². The smallest absolute Gasteiger partial charge is 0.308 e. The molecule has 0 bridgehead atoms. The van der Waals surface area contributed by atoms with Crippen LogP contribution in [0.2, 0.25) is 0 Å². The summed E-state index contributed by atoms with van der Waals surface area (Å²) in [6.07, 6.45) is 9.13. The Morgan fingerprint density at radius 1 is 1.14 bits per heavy atom. The van der Waals surface area contributed by atoms with E-state index in [-0.39, 0.29) is 41.6 Å². The van der Waals surface area contributed by atoms with E-state index in [1.54, 1.807) is 18.2 Å². The second-order valence-electron chi connectivity index (χ2n) is 13.3. The number of carbonyl (C=O) groups excluding carboxylic acids is 3. The fourth-order valence-electron chi connectivity index (χ4n) is 6.82. The van der Waals surface area contributed by atoms with Crippen LogP contribution >= 0.6 is 0 Å². The molecule has 0 saturated heterocycles. The highest BCUT2D eigenvalue weighted by atomic mass is 16.5. The van der Waals surface area contributed by atoms with Crippen LogP contribution in [0.5, 0.6) is 0 Å². The quantitative estimate of drug-likeness (QED) is 0.284. The van der Waals surface area contributed by atoms with E-state index in [1.807, 2.05) is 27.7 Å². The Hall–Kier alpha value is -2.50. The molecule has 1 amide bonds. The number of nitrogens with one attached hydrogen (secondary N) is 1. The van der Waals surface area contributed by atoms with Crippen molar-refractivity contribution >= 4 is 18.2 Å². The molecule has 0 aromatic heterocycles. The van der Waals surface area contributed by atoms with Gasteiger partial charge in [0.1, 0.15) is 12.4 Å². The van der Waals surface area contributed by atoms with Gasteiger partial charge >= 0.3 is 5.97 Å². The van der Waals surface area contributed by atoms with Gasteiger partial charge in [0.15, 0.2) is 0 Å². The number of ether oxygens (including phenoxy) is 1. The molecule has 2 aliphatic rings. The van der Waals surface area contributed by atoms with Crippen molar-refractivity contribution in [2.45, 2.75) is 124 Å². The van der Waals surface area contributed by atoms with E-state index < -0.39 is 36.2 Å². The molecule has 8 heteroatoms. The number of aldehydes is 1. The van der Waals surface area contributed by atoms with E-state index in [2.05, 4.69) is 25.2 Å². The number of hydrogen-bond donors (Lipinski definition) is 3. The zero-order chi connectivity index (χ0) is 31.4. The Morgan fingerprint density at radius 2 is 1.81 bits per heavy atom. The van der Waals surface area contributed by atoms with Gasteiger partial charge in [0.05, 0.1) is 36.3 Å². The Balaban J connectivity index is 2.34. The largest absolute Gasteiger partial charge is 0.462 e. The Bertz CT molecular complexity index is 987. The van der Waals surface area contributed by atoms with Gasteiger partial charge in [-0.1, -0.05) is 66.5 Å². The number of nitriles is 1. The Morgan fingerprint density at radius 3 is 2.43 bits per heavy atom. The monoisotopic (exact) mass is 586 g/mol. The highest BCUT2D eigenvalue weighted by Crippen LogP contribution is 2.38. The molecule has 3 N–H and O–H groups in total. The molecule has 8 nitrogen and oxygen atoms in total. The lowest BCUT2D eigenvalue weighted by atomic mass is 9.82. The van der Waals surface area contributed by atoms with Crippen molar-refractivity contribution in [2.75, 3.05) is 0 Å². The first-order chi connectivity index (χ1) is 19.9. The minimum atomic E-state index is -0.884. The van der Waals surface area contributed by atoms with Gasteiger partial charge < -0.3 is 25.1 Å². The van der Waals surface area contributed by atoms with Crippen LogP contribution in [-0.2, 0) is 19.1 Å². The summed E-state index contributed by atoms with van der Waals surface area (Å²) in [4.78, 5) is 38.1. The zero-order valence-corrected chi connectivity index (χ0v) is 26.5. The molecule has 0 aromatic carbocycles. The van der Waals surface area contributed by atoms with Crippen molar-refractivity contribution in [3.05, 3.63) is 23.8 Å². The molecule has 0 aromatic rings. The van der Waals surface area contributed by atoms with Crippen molar-refractivity contribution in [2.24, 2.45) is 41.4 Å². The molecule has 1 aliphatic carbocycles. The maximum Gasteiger partial charge on any atom is 0.308 e. The lowest BCUT2D eigenvalue weighted by Crippen LogP contribution is -2.46. The standard InChI is InChI=1S/C34H54N2O6/c1-7-23(4)29(20-37)36-34(41)28-13-10-12-27(28)31-14-9-8-11-26(19-35)33(40)25(6)17-22(3)15-21(2)16-24(5)30(38)18-32(39)42-31/h8-9,11,20-25,27-31,33,38,40H,7,10,12-18H2,1-6H3,(H,36,41)/b9-8+,26-11-/t21-,22+,23?,24-,25-,27+,28+,29?,30-,31-,33+/m0/s1. The average molecular weight is 587 g/mol. The fourth-order valence-corrected chi connectivity index (χ4v) is 6.82. The molecule has 1 aliphatic heterocycles. The van der Waals surface area contributed by atoms with E-state index in [0.717, 1.165) is 38.4 Å². The number of allylic oxidation sites excluding steroid dienone is 2. The minimum absolute atomic E-state index is 0.0109. The highest BCUT2D eigenvalue weighted by Gasteiger charge is 2.40. The highest BCUT2D eigenvalue weighted by molar-refractivity contribution is 5.82. The van der Waals surface area contributed by atoms with Crippen LogP contribution in [0.1, 0.15) is 99.3 Å². The molecule has 1 saturated carbocycles. The summed E-state index contributed by atoms with van der Waals surface area (Å²) >= 11 is 0. The van der Waals surface area contributed by atoms with Crippen LogP contribution in [0.15, 0.2) is 23.8 Å². The third kappa shape index (κ3) is 10.6. The summed E-state index contributed by atoms with van der Waals surface area (Å²) in [6, 6.07) is 1.57. The predicted molar refractivity (Wildman–Crippen MR) is 163 cm³/mol. The van der Waals surface area contributed by atoms with Gasteiger partial charge in [-0.05, 0) is 67.8 Å². The number of cyclic esters (lactones) is 1. The first kappa shape index (κ1) is 35.7. The van der Waals surface area contributed by atoms with Gasteiger partial charge in [-0.15, -0.1) is 0 Å². The van der Waals surface area contributed by atoms with Crippen LogP contribution in [0.4, 0.5) is 0 Å². The van der Waals surface area contributed by atoms with Crippen molar-refractivity contribution < 1.29 is 29.3 Å². The first-order valence-corrected chi connectivity index (χ1v) is 16.0. The molecular formula is C34H54N2O6. The molecule has 11 atom stereocenters. The summed E-state index contributed by atoms with van der Waals surface area (Å²) in [5.74, 6) is -0.874.